The molecule has 0 radical (unpaired) electrons. The van der Waals surface area contributed by atoms with E-state index in [9.17, 15) is 9.59 Å². The molecule has 2 bridgehead atoms. The number of hydrogen-bond donors (Lipinski definition) is 1. The van der Waals surface area contributed by atoms with Gasteiger partial charge in [-0.15, -0.1) is 0 Å². The Bertz CT molecular complexity index is 1070. The predicted molar refractivity (Wildman–Crippen MR) is 122 cm³/mol. The number of aliphatic carboxylic acids is 1. The molecule has 1 unspecified atom stereocenters. The summed E-state index contributed by atoms with van der Waals surface area (Å²) in [5, 5.41) is 8.98. The largest absolute Gasteiger partial charge is 0.482 e. The first-order chi connectivity index (χ1) is 16.6. The first kappa shape index (κ1) is 22.4. The molecule has 3 aliphatic rings. The highest BCUT2D eigenvalue weighted by atomic mass is 16.5. The summed E-state index contributed by atoms with van der Waals surface area (Å²) in [5.74, 6) is -0.253. The normalized spacial score (nSPS) is 27.2. The maximum Gasteiger partial charge on any atom is 0.341 e. The van der Waals surface area contributed by atoms with Crippen LogP contribution in [0.5, 0.6) is 5.75 Å². The first-order valence-corrected chi connectivity index (χ1v) is 11.6. The molecule has 0 saturated carbocycles. The number of carboxylic acid groups (broad SMARTS) is 1. The highest BCUT2D eigenvalue weighted by Crippen LogP contribution is 2.47. The Morgan fingerprint density at radius 2 is 1.79 bits per heavy atom. The molecule has 3 aliphatic heterocycles. The van der Waals surface area contributed by atoms with Crippen molar-refractivity contribution < 1.29 is 33.6 Å². The number of carboxylic acids is 1. The summed E-state index contributed by atoms with van der Waals surface area (Å²) in [6.07, 6.45) is 2.60. The van der Waals surface area contributed by atoms with E-state index in [0.717, 1.165) is 24.0 Å². The van der Waals surface area contributed by atoms with E-state index in [-0.39, 0.29) is 37.3 Å². The van der Waals surface area contributed by atoms with E-state index in [4.69, 9.17) is 24.1 Å². The Morgan fingerprint density at radius 1 is 1.03 bits per heavy atom. The number of fused-ring (bicyclic) bond motifs is 2. The molecule has 8 heteroatoms. The predicted octanol–water partition coefficient (Wildman–Crippen LogP) is 3.03. The smallest absolute Gasteiger partial charge is 0.341 e. The number of carbonyl (C=O) groups is 2. The van der Waals surface area contributed by atoms with Gasteiger partial charge in [0.1, 0.15) is 19.0 Å². The van der Waals surface area contributed by atoms with Crippen molar-refractivity contribution in [2.45, 2.75) is 44.1 Å². The Labute approximate surface area is 197 Å². The second-order valence-electron chi connectivity index (χ2n) is 8.86. The van der Waals surface area contributed by atoms with Gasteiger partial charge in [0.2, 0.25) is 0 Å². The summed E-state index contributed by atoms with van der Waals surface area (Å²) in [5.41, 5.74) is 1.84. The molecule has 0 spiro atoms. The third-order valence-electron chi connectivity index (χ3n) is 6.66. The molecule has 0 amide bonds. The number of carbonyl (C=O) groups excluding carboxylic acids is 1. The zero-order chi connectivity index (χ0) is 23.5. The van der Waals surface area contributed by atoms with E-state index in [0.29, 0.717) is 18.1 Å². The molecule has 0 aromatic heterocycles. The lowest BCUT2D eigenvalue weighted by Gasteiger charge is -2.28. The molecule has 3 heterocycles. The van der Waals surface area contributed by atoms with Gasteiger partial charge in [0.25, 0.3) is 0 Å². The Kier molecular flexibility index (Phi) is 6.49. The van der Waals surface area contributed by atoms with Gasteiger partial charge in [0.15, 0.2) is 18.5 Å². The minimum Gasteiger partial charge on any atom is -0.482 e. The summed E-state index contributed by atoms with van der Waals surface area (Å²) in [4.78, 5) is 28.1. The molecule has 34 heavy (non-hydrogen) atoms. The average Bonchev–Trinajstić information content (AvgIpc) is 3.59. The molecule has 1 N–H and O–H groups in total. The summed E-state index contributed by atoms with van der Waals surface area (Å²) in [6, 6.07) is 16.3. The van der Waals surface area contributed by atoms with Crippen LogP contribution in [0.1, 0.15) is 24.0 Å². The topological polar surface area (TPSA) is 104 Å². The highest BCUT2D eigenvalue weighted by molar-refractivity contribution is 5.87. The van der Waals surface area contributed by atoms with Gasteiger partial charge in [-0.3, -0.25) is 0 Å². The van der Waals surface area contributed by atoms with Gasteiger partial charge in [0, 0.05) is 5.92 Å². The lowest BCUT2D eigenvalue weighted by molar-refractivity contribution is -0.146. The number of esters is 1. The standard InChI is InChI=1S/C26H27NO7/c28-23(29)15-31-20-9-5-4-8-17(20)12-18-21-10-11-22(34-21)24(18)25-27-19(14-32-25)26(30)33-13-16-6-2-1-3-7-16/h1-9,18-19,21-22,24H,10-15H2,(H,28,29)/t18-,19?,21-,22+,24-/m0/s1. The van der Waals surface area contributed by atoms with Crippen LogP contribution in [-0.2, 0) is 36.8 Å². The van der Waals surface area contributed by atoms with Crippen LogP contribution in [0, 0.1) is 11.8 Å². The molecule has 178 valence electrons. The van der Waals surface area contributed by atoms with E-state index in [2.05, 4.69) is 4.99 Å². The van der Waals surface area contributed by atoms with Crippen LogP contribution >= 0.6 is 0 Å². The van der Waals surface area contributed by atoms with Crippen molar-refractivity contribution in [1.29, 1.82) is 0 Å². The van der Waals surface area contributed by atoms with Gasteiger partial charge >= 0.3 is 11.9 Å². The van der Waals surface area contributed by atoms with E-state index in [1.54, 1.807) is 6.07 Å². The van der Waals surface area contributed by atoms with Gasteiger partial charge in [-0.25, -0.2) is 14.6 Å². The van der Waals surface area contributed by atoms with Gasteiger partial charge in [-0.1, -0.05) is 48.5 Å². The quantitative estimate of drug-likeness (QED) is 0.568. The lowest BCUT2D eigenvalue weighted by Crippen LogP contribution is -2.35. The van der Waals surface area contributed by atoms with E-state index >= 15 is 0 Å². The Hall–Kier alpha value is -3.39. The van der Waals surface area contributed by atoms with Crippen molar-refractivity contribution in [1.82, 2.24) is 0 Å². The minimum atomic E-state index is -1.02. The zero-order valence-corrected chi connectivity index (χ0v) is 18.7. The van der Waals surface area contributed by atoms with Crippen LogP contribution in [0.3, 0.4) is 0 Å². The Balaban J connectivity index is 1.27. The SMILES string of the molecule is O=C(O)COc1ccccc1C[C@@H]1[C@H](C2=NC(C(=O)OCc3ccccc3)CO2)[C@H]2CC[C@@H]1O2. The third kappa shape index (κ3) is 4.77. The van der Waals surface area contributed by atoms with Gasteiger partial charge in [-0.05, 0) is 36.5 Å². The fraction of sp³-hybridized carbons (Fsp3) is 0.423. The molecule has 2 aromatic rings. The van der Waals surface area contributed by atoms with E-state index in [1.807, 2.05) is 48.5 Å². The van der Waals surface area contributed by atoms with E-state index in [1.165, 1.54) is 0 Å². The van der Waals surface area contributed by atoms with Crippen LogP contribution in [0.4, 0.5) is 0 Å². The number of para-hydroxylation sites is 1. The molecule has 5 atom stereocenters. The summed E-state index contributed by atoms with van der Waals surface area (Å²) in [7, 11) is 0. The summed E-state index contributed by atoms with van der Waals surface area (Å²) >= 11 is 0. The first-order valence-electron chi connectivity index (χ1n) is 11.6. The third-order valence-corrected chi connectivity index (χ3v) is 6.66. The average molecular weight is 466 g/mol. The number of aliphatic imine (C=N–C) groups is 1. The number of nitrogens with zero attached hydrogens (tertiary/aromatic N) is 1. The lowest BCUT2D eigenvalue weighted by atomic mass is 9.76. The van der Waals surface area contributed by atoms with Crippen molar-refractivity contribution in [3.8, 4) is 5.75 Å². The number of rotatable bonds is 9. The van der Waals surface area contributed by atoms with Gasteiger partial charge in [0.05, 0.1) is 18.1 Å². The van der Waals surface area contributed by atoms with E-state index < -0.39 is 24.6 Å². The van der Waals surface area contributed by atoms with Crippen LogP contribution in [0.25, 0.3) is 0 Å². The molecule has 2 saturated heterocycles. The van der Waals surface area contributed by atoms with Crippen LogP contribution in [-0.4, -0.2) is 54.4 Å². The minimum absolute atomic E-state index is 0.0000561. The van der Waals surface area contributed by atoms with Crippen LogP contribution in [0.2, 0.25) is 0 Å². The maximum absolute atomic E-state index is 12.6. The summed E-state index contributed by atoms with van der Waals surface area (Å²) < 4.78 is 23.1. The molecule has 8 nitrogen and oxygen atoms in total. The van der Waals surface area contributed by atoms with Gasteiger partial charge in [-0.2, -0.15) is 0 Å². The van der Waals surface area contributed by atoms with Gasteiger partial charge < -0.3 is 24.1 Å². The fourth-order valence-electron chi connectivity index (χ4n) is 5.10. The summed E-state index contributed by atoms with van der Waals surface area (Å²) in [6.45, 7) is -0.0217. The molecule has 2 aromatic carbocycles. The second kappa shape index (κ2) is 9.85. The van der Waals surface area contributed by atoms with Crippen molar-refractivity contribution in [2.24, 2.45) is 16.8 Å². The molecule has 5 rings (SSSR count). The Morgan fingerprint density at radius 3 is 2.62 bits per heavy atom. The second-order valence-corrected chi connectivity index (χ2v) is 8.86. The number of benzene rings is 2. The van der Waals surface area contributed by atoms with Crippen LogP contribution in [0.15, 0.2) is 59.6 Å². The maximum atomic E-state index is 12.6. The van der Waals surface area contributed by atoms with Crippen LogP contribution < -0.4 is 4.74 Å². The monoisotopic (exact) mass is 465 g/mol. The molecule has 2 fully saturated rings. The number of hydrogen-bond acceptors (Lipinski definition) is 7. The molecular weight excluding hydrogens is 438 g/mol. The van der Waals surface area contributed by atoms with Crippen molar-refractivity contribution in [3.63, 3.8) is 0 Å². The van der Waals surface area contributed by atoms with Crippen molar-refractivity contribution in [2.75, 3.05) is 13.2 Å². The molecule has 0 aliphatic carbocycles. The highest BCUT2D eigenvalue weighted by Gasteiger charge is 2.53. The van der Waals surface area contributed by atoms with Crippen molar-refractivity contribution >= 4 is 17.8 Å². The molecular formula is C26H27NO7. The van der Waals surface area contributed by atoms with Crippen molar-refractivity contribution in [3.05, 3.63) is 65.7 Å². The fourth-order valence-corrected chi connectivity index (χ4v) is 5.10. The zero-order valence-electron chi connectivity index (χ0n) is 18.7. The number of ether oxygens (including phenoxy) is 4.